The first kappa shape index (κ1) is 15.9. The van der Waals surface area contributed by atoms with Gasteiger partial charge in [0.15, 0.2) is 0 Å². The first-order valence-corrected chi connectivity index (χ1v) is 8.64. The van der Waals surface area contributed by atoms with Crippen molar-refractivity contribution >= 4 is 10.0 Å². The molecule has 1 saturated carbocycles. The zero-order valence-corrected chi connectivity index (χ0v) is 11.9. The molecular weight excluding hydrogens is 252 g/mol. The fraction of sp³-hybridized carbons (Fsp3) is 1.00. The molecule has 0 atom stereocenters. The Kier molecular flexibility index (Phi) is 7.81. The van der Waals surface area contributed by atoms with Gasteiger partial charge in [0.2, 0.25) is 10.0 Å². The second-order valence-corrected chi connectivity index (χ2v) is 6.79. The van der Waals surface area contributed by atoms with Gasteiger partial charge in [-0.2, -0.15) is 0 Å². The number of nitrogens with two attached hydrogens (primary N) is 1. The molecule has 0 aromatic heterocycles. The number of nitrogens with one attached hydrogen (secondary N) is 1. The van der Waals surface area contributed by atoms with E-state index in [1.54, 1.807) is 0 Å². The normalized spacial score (nSPS) is 18.1. The molecule has 1 aliphatic rings. The maximum absolute atomic E-state index is 11.6. The van der Waals surface area contributed by atoms with Crippen molar-refractivity contribution in [3.8, 4) is 0 Å². The molecule has 3 N–H and O–H groups in total. The Morgan fingerprint density at radius 2 is 1.72 bits per heavy atom. The van der Waals surface area contributed by atoms with E-state index in [2.05, 4.69) is 4.89 Å². The minimum Gasteiger partial charge on any atom is -0.330 e. The van der Waals surface area contributed by atoms with E-state index < -0.39 is 10.0 Å². The molecule has 6 heteroatoms. The van der Waals surface area contributed by atoms with Crippen molar-refractivity contribution in [2.75, 3.05) is 12.3 Å². The Bertz CT molecular complexity index is 300. The van der Waals surface area contributed by atoms with E-state index in [0.29, 0.717) is 13.0 Å². The number of rotatable bonds is 9. The van der Waals surface area contributed by atoms with Crippen LogP contribution in [0.25, 0.3) is 0 Å². The van der Waals surface area contributed by atoms with Crippen LogP contribution in [-0.4, -0.2) is 26.8 Å². The van der Waals surface area contributed by atoms with E-state index in [4.69, 9.17) is 10.6 Å². The molecule has 1 aliphatic carbocycles. The zero-order valence-electron chi connectivity index (χ0n) is 11.1. The lowest BCUT2D eigenvalue weighted by Crippen LogP contribution is -2.32. The Labute approximate surface area is 110 Å². The Morgan fingerprint density at radius 1 is 1.06 bits per heavy atom. The molecule has 0 aliphatic heterocycles. The summed E-state index contributed by atoms with van der Waals surface area (Å²) in [5.41, 5.74) is 5.38. The number of unbranched alkanes of at least 4 members (excludes halogenated alkanes) is 3. The Balaban J connectivity index is 2.10. The highest BCUT2D eigenvalue weighted by Gasteiger charge is 2.17. The lowest BCUT2D eigenvalue weighted by atomic mass is 9.98. The van der Waals surface area contributed by atoms with Gasteiger partial charge in [-0.3, -0.25) is 4.84 Å². The molecule has 108 valence electrons. The molecule has 5 nitrogen and oxygen atoms in total. The van der Waals surface area contributed by atoms with Crippen molar-refractivity contribution in [2.24, 2.45) is 5.73 Å². The summed E-state index contributed by atoms with van der Waals surface area (Å²) in [4.78, 5) is 7.54. The third-order valence-electron chi connectivity index (χ3n) is 3.26. The van der Waals surface area contributed by atoms with Gasteiger partial charge in [-0.05, 0) is 32.2 Å². The lowest BCUT2D eigenvalue weighted by Gasteiger charge is -2.21. The average molecular weight is 278 g/mol. The summed E-state index contributed by atoms with van der Waals surface area (Å²) in [6.45, 7) is 0.676. The summed E-state index contributed by atoms with van der Waals surface area (Å²) in [5.74, 6) is 0.143. The van der Waals surface area contributed by atoms with Gasteiger partial charge in [-0.25, -0.2) is 8.42 Å². The molecule has 0 bridgehead atoms. The molecule has 0 unspecified atom stereocenters. The molecule has 0 aromatic carbocycles. The molecule has 18 heavy (non-hydrogen) atoms. The van der Waals surface area contributed by atoms with E-state index >= 15 is 0 Å². The fourth-order valence-electron chi connectivity index (χ4n) is 2.16. The van der Waals surface area contributed by atoms with Crippen molar-refractivity contribution in [3.05, 3.63) is 0 Å². The smallest absolute Gasteiger partial charge is 0.233 e. The van der Waals surface area contributed by atoms with Gasteiger partial charge >= 0.3 is 0 Å². The summed E-state index contributed by atoms with van der Waals surface area (Å²) in [7, 11) is -3.27. The molecule has 0 spiro atoms. The standard InChI is InChI=1S/C12H26N2O3S/c13-10-6-1-2-7-11-18(15,16)14-17-12-8-4-3-5-9-12/h12,14H,1-11,13H2. The van der Waals surface area contributed by atoms with Gasteiger partial charge < -0.3 is 5.73 Å². The molecule has 0 amide bonds. The summed E-state index contributed by atoms with van der Waals surface area (Å²) in [6.07, 6.45) is 9.00. The number of sulfonamides is 1. The van der Waals surface area contributed by atoms with Crippen LogP contribution in [0.4, 0.5) is 0 Å². The van der Waals surface area contributed by atoms with Gasteiger partial charge in [0, 0.05) is 0 Å². The third-order valence-corrected chi connectivity index (χ3v) is 4.44. The minimum absolute atomic E-state index is 0.0609. The van der Waals surface area contributed by atoms with Gasteiger partial charge in [-0.1, -0.05) is 37.0 Å². The predicted octanol–water partition coefficient (Wildman–Crippen LogP) is 1.69. The highest BCUT2D eigenvalue weighted by atomic mass is 32.2. The quantitative estimate of drug-likeness (QED) is 0.497. The third kappa shape index (κ3) is 7.31. The zero-order chi connectivity index (χ0) is 13.3. The summed E-state index contributed by atoms with van der Waals surface area (Å²) in [6, 6.07) is 0. The maximum Gasteiger partial charge on any atom is 0.233 e. The van der Waals surface area contributed by atoms with E-state index in [9.17, 15) is 8.42 Å². The molecule has 1 fully saturated rings. The predicted molar refractivity (Wildman–Crippen MR) is 72.4 cm³/mol. The van der Waals surface area contributed by atoms with E-state index in [1.807, 2.05) is 0 Å². The maximum atomic E-state index is 11.6. The topological polar surface area (TPSA) is 81.4 Å². The SMILES string of the molecule is NCCCCCCS(=O)(=O)NOC1CCCCC1. The van der Waals surface area contributed by atoms with Crippen LogP contribution in [0.2, 0.25) is 0 Å². The van der Waals surface area contributed by atoms with Crippen LogP contribution in [0.1, 0.15) is 57.8 Å². The first-order chi connectivity index (χ1) is 8.64. The fourth-order valence-corrected chi connectivity index (χ4v) is 3.11. The monoisotopic (exact) mass is 278 g/mol. The molecule has 0 aromatic rings. The largest absolute Gasteiger partial charge is 0.330 e. The number of hydrogen-bond acceptors (Lipinski definition) is 4. The first-order valence-electron chi connectivity index (χ1n) is 6.99. The van der Waals surface area contributed by atoms with Crippen LogP contribution in [0.5, 0.6) is 0 Å². The van der Waals surface area contributed by atoms with Gasteiger partial charge in [0.25, 0.3) is 0 Å². The molecular formula is C12H26N2O3S. The molecule has 0 radical (unpaired) electrons. The van der Waals surface area contributed by atoms with Gasteiger partial charge in [-0.15, -0.1) is 0 Å². The highest BCUT2D eigenvalue weighted by molar-refractivity contribution is 7.89. The van der Waals surface area contributed by atoms with Gasteiger partial charge in [0.05, 0.1) is 11.9 Å². The van der Waals surface area contributed by atoms with E-state index in [0.717, 1.165) is 44.9 Å². The minimum atomic E-state index is -3.27. The summed E-state index contributed by atoms with van der Waals surface area (Å²) in [5, 5.41) is 0. The van der Waals surface area contributed by atoms with E-state index in [-0.39, 0.29) is 11.9 Å². The number of hydrogen-bond donors (Lipinski definition) is 2. The van der Waals surface area contributed by atoms with Crippen molar-refractivity contribution in [3.63, 3.8) is 0 Å². The van der Waals surface area contributed by atoms with E-state index in [1.165, 1.54) is 6.42 Å². The van der Waals surface area contributed by atoms with Crippen LogP contribution >= 0.6 is 0 Å². The Morgan fingerprint density at radius 3 is 2.39 bits per heavy atom. The van der Waals surface area contributed by atoms with Crippen molar-refractivity contribution in [1.29, 1.82) is 0 Å². The highest BCUT2D eigenvalue weighted by Crippen LogP contribution is 2.19. The average Bonchev–Trinajstić information content (AvgIpc) is 2.38. The van der Waals surface area contributed by atoms with Crippen LogP contribution in [0.3, 0.4) is 0 Å². The lowest BCUT2D eigenvalue weighted by molar-refractivity contribution is -0.00384. The van der Waals surface area contributed by atoms with Crippen molar-refractivity contribution in [1.82, 2.24) is 4.89 Å². The van der Waals surface area contributed by atoms with Crippen LogP contribution in [0, 0.1) is 0 Å². The van der Waals surface area contributed by atoms with Crippen molar-refractivity contribution < 1.29 is 13.3 Å². The summed E-state index contributed by atoms with van der Waals surface area (Å²) >= 11 is 0. The van der Waals surface area contributed by atoms with Gasteiger partial charge in [0.1, 0.15) is 0 Å². The molecule has 0 heterocycles. The van der Waals surface area contributed by atoms with Crippen molar-refractivity contribution in [2.45, 2.75) is 63.9 Å². The summed E-state index contributed by atoms with van der Waals surface area (Å²) < 4.78 is 23.3. The Hall–Kier alpha value is -0.170. The molecule has 1 rings (SSSR count). The second kappa shape index (κ2) is 8.85. The van der Waals surface area contributed by atoms with Crippen LogP contribution in [0.15, 0.2) is 0 Å². The second-order valence-electron chi connectivity index (χ2n) is 4.98. The molecule has 0 saturated heterocycles. The van der Waals surface area contributed by atoms with Crippen LogP contribution < -0.4 is 10.6 Å². The van der Waals surface area contributed by atoms with Crippen LogP contribution in [-0.2, 0) is 14.9 Å².